The van der Waals surface area contributed by atoms with Crippen molar-refractivity contribution in [3.05, 3.63) is 72.1 Å². The van der Waals surface area contributed by atoms with Gasteiger partial charge in [0, 0.05) is 66.2 Å². The molecule has 8 amide bonds. The number of hydroxylamine groups is 1. The van der Waals surface area contributed by atoms with E-state index in [-0.39, 0.29) is 69.5 Å². The Hall–Kier alpha value is -6.92. The maximum atomic E-state index is 15.1. The molecule has 7 atom stereocenters. The van der Waals surface area contributed by atoms with Gasteiger partial charge in [-0.25, -0.2) is 4.79 Å². The third-order valence-corrected chi connectivity index (χ3v) is 14.7. The number of aromatic nitrogens is 2. The van der Waals surface area contributed by atoms with Crippen LogP contribution >= 0.6 is 0 Å². The van der Waals surface area contributed by atoms with Crippen molar-refractivity contribution in [3.63, 3.8) is 0 Å². The number of para-hydroxylation sites is 2. The summed E-state index contributed by atoms with van der Waals surface area (Å²) in [6.45, 7) is 0.0129. The largest absolute Gasteiger partial charge is 0.431 e. The molecule has 5 fully saturated rings. The van der Waals surface area contributed by atoms with Crippen LogP contribution in [0.3, 0.4) is 0 Å². The first-order valence-electron chi connectivity index (χ1n) is 23.6. The molecule has 5 aliphatic rings. The SMILES string of the molecule is O=CNOC(=O)NCCC1NC(=O)C(Cc2c[nH]c3ccccc23)NC(=O)C2(CCCC2)NC(=O)C(Cc2c[nH]c3ccccc23)NC(=O)C2CC3CCCCC3N2C(=O)C2CCCN2C1=O. The molecule has 0 bridgehead atoms. The highest BCUT2D eigenvalue weighted by Gasteiger charge is 2.52. The van der Waals surface area contributed by atoms with Crippen molar-refractivity contribution in [2.45, 2.75) is 132 Å². The molecular formula is C48H58N10O9. The number of H-pyrrole nitrogens is 2. The lowest BCUT2D eigenvalue weighted by atomic mass is 9.84. The zero-order valence-corrected chi connectivity index (χ0v) is 37.3. The Bertz CT molecular complexity index is 2550. The first kappa shape index (κ1) is 45.2. The van der Waals surface area contributed by atoms with Crippen molar-refractivity contribution in [1.29, 1.82) is 0 Å². The Balaban J connectivity index is 1.11. The molecule has 67 heavy (non-hydrogen) atoms. The second-order valence-corrected chi connectivity index (χ2v) is 18.7. The van der Waals surface area contributed by atoms with Crippen molar-refractivity contribution >= 4 is 69.8 Å². The van der Waals surface area contributed by atoms with Gasteiger partial charge in [-0.2, -0.15) is 5.48 Å². The molecule has 354 valence electrons. The summed E-state index contributed by atoms with van der Waals surface area (Å²) in [7, 11) is 0. The lowest BCUT2D eigenvalue weighted by molar-refractivity contribution is -0.150. The number of hydrogen-bond acceptors (Lipinski definition) is 9. The van der Waals surface area contributed by atoms with Gasteiger partial charge in [0.2, 0.25) is 41.9 Å². The van der Waals surface area contributed by atoms with Crippen molar-refractivity contribution in [1.82, 2.24) is 51.8 Å². The Labute approximate surface area is 386 Å². The first-order chi connectivity index (χ1) is 32.5. The predicted molar refractivity (Wildman–Crippen MR) is 243 cm³/mol. The minimum atomic E-state index is -1.45. The van der Waals surface area contributed by atoms with Crippen LogP contribution in [-0.4, -0.2) is 123 Å². The van der Waals surface area contributed by atoms with Crippen molar-refractivity contribution in [2.24, 2.45) is 5.92 Å². The van der Waals surface area contributed by atoms with E-state index < -0.39 is 71.4 Å². The molecule has 3 saturated heterocycles. The topological polar surface area (TPSA) is 256 Å². The molecule has 19 heteroatoms. The van der Waals surface area contributed by atoms with E-state index in [1.807, 2.05) is 60.2 Å². The van der Waals surface area contributed by atoms with Gasteiger partial charge in [0.15, 0.2) is 0 Å². The number of nitrogens with zero attached hydrogens (tertiary/aromatic N) is 2. The van der Waals surface area contributed by atoms with Crippen LogP contribution in [0.25, 0.3) is 21.8 Å². The molecule has 9 rings (SSSR count). The zero-order valence-electron chi connectivity index (χ0n) is 37.3. The Morgan fingerprint density at radius 2 is 1.36 bits per heavy atom. The predicted octanol–water partition coefficient (Wildman–Crippen LogP) is 2.26. The molecule has 2 aromatic heterocycles. The van der Waals surface area contributed by atoms with Crippen molar-refractivity contribution < 1.29 is 43.2 Å². The Morgan fingerprint density at radius 1 is 0.716 bits per heavy atom. The summed E-state index contributed by atoms with van der Waals surface area (Å²) in [6.07, 6.45) is 8.99. The third kappa shape index (κ3) is 9.27. The monoisotopic (exact) mass is 918 g/mol. The third-order valence-electron chi connectivity index (χ3n) is 14.7. The lowest BCUT2D eigenvalue weighted by Gasteiger charge is -2.38. The minimum Gasteiger partial charge on any atom is -0.361 e. The standard InChI is InChI=1S/C48H58N10O9/c59-27-52-67-47(66)49-20-17-35-44(63)57-21-9-16-39(57)45(64)58-38-15-6-1-10-28(38)24-40(58)43(62)54-37(23-30-26-51-34-14-5-3-12-32(30)34)42(61)56-48(18-7-8-19-48)46(65)55-36(41(60)53-35)22-29-25-50-33-13-4-2-11-31(29)33/h2-5,11-14,25-28,35-40,50-51H,1,6-10,15-24H2,(H,49,66)(H,52,59)(H,53,60)(H,54,62)(H,55,65)(H,56,61). The van der Waals surface area contributed by atoms with E-state index in [0.717, 1.165) is 46.6 Å². The summed E-state index contributed by atoms with van der Waals surface area (Å²) in [6, 6.07) is 9.34. The van der Waals surface area contributed by atoms with Crippen molar-refractivity contribution in [3.8, 4) is 0 Å². The fourth-order valence-corrected chi connectivity index (χ4v) is 11.4. The van der Waals surface area contributed by atoms with Gasteiger partial charge in [-0.1, -0.05) is 62.1 Å². The second-order valence-electron chi connectivity index (χ2n) is 18.7. The number of nitrogens with one attached hydrogen (secondary N) is 8. The van der Waals surface area contributed by atoms with Crippen LogP contribution < -0.4 is 32.1 Å². The summed E-state index contributed by atoms with van der Waals surface area (Å²) < 4.78 is 0. The summed E-state index contributed by atoms with van der Waals surface area (Å²) in [5.41, 5.74) is 3.52. The second kappa shape index (κ2) is 19.5. The maximum absolute atomic E-state index is 15.1. The molecule has 5 heterocycles. The van der Waals surface area contributed by atoms with E-state index in [1.54, 1.807) is 11.1 Å². The molecule has 8 N–H and O–H groups in total. The highest BCUT2D eigenvalue weighted by molar-refractivity contribution is 6.00. The quantitative estimate of drug-likeness (QED) is 0.0904. The van der Waals surface area contributed by atoms with E-state index >= 15 is 4.79 Å². The van der Waals surface area contributed by atoms with Crippen LogP contribution in [0, 0.1) is 5.92 Å². The highest BCUT2D eigenvalue weighted by Crippen LogP contribution is 2.41. The van der Waals surface area contributed by atoms with Crippen LogP contribution in [0.4, 0.5) is 4.79 Å². The number of aromatic amines is 2. The molecule has 2 aromatic carbocycles. The number of rotatable bonds is 9. The number of fused-ring (bicyclic) bond motifs is 6. The number of benzene rings is 2. The van der Waals surface area contributed by atoms with Gasteiger partial charge in [-0.3, -0.25) is 33.6 Å². The zero-order chi connectivity index (χ0) is 46.7. The number of amides is 8. The first-order valence-corrected chi connectivity index (χ1v) is 23.6. The van der Waals surface area contributed by atoms with Crippen LogP contribution in [0.5, 0.6) is 0 Å². The Kier molecular flexibility index (Phi) is 13.2. The molecule has 1 spiro atoms. The minimum absolute atomic E-state index is 0.00254. The van der Waals surface area contributed by atoms with Gasteiger partial charge in [-0.05, 0) is 80.5 Å². The molecule has 3 aliphatic heterocycles. The van der Waals surface area contributed by atoms with Crippen LogP contribution in [0.15, 0.2) is 60.9 Å². The van der Waals surface area contributed by atoms with Crippen LogP contribution in [0.2, 0.25) is 0 Å². The van der Waals surface area contributed by atoms with Crippen LogP contribution in [0.1, 0.15) is 88.2 Å². The van der Waals surface area contributed by atoms with Gasteiger partial charge < -0.3 is 51.2 Å². The fourth-order valence-electron chi connectivity index (χ4n) is 11.4. The van der Waals surface area contributed by atoms with E-state index in [0.29, 0.717) is 44.1 Å². The van der Waals surface area contributed by atoms with Gasteiger partial charge in [0.05, 0.1) is 0 Å². The maximum Gasteiger partial charge on any atom is 0.431 e. The molecular weight excluding hydrogens is 861 g/mol. The average Bonchev–Trinajstić information content (AvgIpc) is 4.20. The summed E-state index contributed by atoms with van der Waals surface area (Å²) in [5.74, 6) is -3.20. The van der Waals surface area contributed by atoms with Crippen LogP contribution in [-0.2, 0) is 51.2 Å². The lowest BCUT2D eigenvalue weighted by Crippen LogP contribution is -2.65. The fraction of sp³-hybridized carbons (Fsp3) is 0.500. The molecule has 2 aliphatic carbocycles. The molecule has 19 nitrogen and oxygen atoms in total. The smallest absolute Gasteiger partial charge is 0.361 e. The summed E-state index contributed by atoms with van der Waals surface area (Å²) in [5, 5.41) is 16.2. The molecule has 0 radical (unpaired) electrons. The van der Waals surface area contributed by atoms with E-state index in [9.17, 15) is 33.6 Å². The molecule has 4 aromatic rings. The van der Waals surface area contributed by atoms with Gasteiger partial charge in [-0.15, -0.1) is 0 Å². The highest BCUT2D eigenvalue weighted by atomic mass is 16.7. The molecule has 7 unspecified atom stereocenters. The van der Waals surface area contributed by atoms with E-state index in [1.165, 1.54) is 4.90 Å². The normalized spacial score (nSPS) is 27.0. The van der Waals surface area contributed by atoms with E-state index in [4.69, 9.17) is 0 Å². The van der Waals surface area contributed by atoms with Crippen molar-refractivity contribution in [2.75, 3.05) is 13.1 Å². The number of carbonyl (C=O) groups is 8. The number of hydrogen-bond donors (Lipinski definition) is 8. The van der Waals surface area contributed by atoms with Gasteiger partial charge >= 0.3 is 6.09 Å². The van der Waals surface area contributed by atoms with Gasteiger partial charge in [0.25, 0.3) is 0 Å². The number of carbonyl (C=O) groups excluding carboxylic acids is 8. The summed E-state index contributed by atoms with van der Waals surface area (Å²) in [4.78, 5) is 127. The molecule has 2 saturated carbocycles. The summed E-state index contributed by atoms with van der Waals surface area (Å²) >= 11 is 0. The van der Waals surface area contributed by atoms with Gasteiger partial charge in [0.1, 0.15) is 35.7 Å². The Morgan fingerprint density at radius 3 is 2.04 bits per heavy atom. The van der Waals surface area contributed by atoms with E-state index in [2.05, 4.69) is 41.4 Å². The average molecular weight is 919 g/mol.